The van der Waals surface area contributed by atoms with Crippen molar-refractivity contribution < 1.29 is 8.42 Å². The maximum atomic E-state index is 12.8. The van der Waals surface area contributed by atoms with Crippen LogP contribution in [-0.4, -0.2) is 25.3 Å². The summed E-state index contributed by atoms with van der Waals surface area (Å²) in [6.45, 7) is 2.51. The topological polar surface area (TPSA) is 61.2 Å². The lowest BCUT2D eigenvalue weighted by Gasteiger charge is -2.21. The van der Waals surface area contributed by atoms with Gasteiger partial charge in [-0.25, -0.2) is 8.42 Å². The van der Waals surface area contributed by atoms with Crippen molar-refractivity contribution in [3.63, 3.8) is 0 Å². The number of rotatable bonds is 4. The van der Waals surface area contributed by atoms with Gasteiger partial charge in [-0.05, 0) is 53.4 Å². The molecule has 120 valence electrons. The predicted molar refractivity (Wildman–Crippen MR) is 91.6 cm³/mol. The van der Waals surface area contributed by atoms with Crippen LogP contribution < -0.4 is 0 Å². The molecule has 2 aromatic rings. The average Bonchev–Trinajstić information content (AvgIpc) is 3.16. The first kappa shape index (κ1) is 16.2. The molecule has 4 nitrogen and oxygen atoms in total. The fraction of sp³-hybridized carbons (Fsp3) is 0.353. The summed E-state index contributed by atoms with van der Waals surface area (Å²) in [5.41, 5.74) is 2.38. The fourth-order valence-corrected chi connectivity index (χ4v) is 5.71. The third-order valence-electron chi connectivity index (χ3n) is 4.29. The van der Waals surface area contributed by atoms with E-state index in [4.69, 9.17) is 5.26 Å². The van der Waals surface area contributed by atoms with Crippen molar-refractivity contribution in [3.8, 4) is 6.07 Å². The summed E-state index contributed by atoms with van der Waals surface area (Å²) < 4.78 is 27.2. The molecule has 0 N–H and O–H groups in total. The minimum absolute atomic E-state index is 0.00375. The average molecular weight is 346 g/mol. The molecular formula is C17H18N2O2S2. The molecule has 0 radical (unpaired) electrons. The van der Waals surface area contributed by atoms with E-state index in [0.717, 1.165) is 6.42 Å². The van der Waals surface area contributed by atoms with Crippen LogP contribution in [0.5, 0.6) is 0 Å². The highest BCUT2D eigenvalue weighted by atomic mass is 32.2. The van der Waals surface area contributed by atoms with E-state index in [1.807, 2.05) is 18.4 Å². The minimum Gasteiger partial charge on any atom is -0.212 e. The van der Waals surface area contributed by atoms with Crippen molar-refractivity contribution in [2.45, 2.75) is 31.1 Å². The van der Waals surface area contributed by atoms with Crippen LogP contribution in [0.1, 0.15) is 36.0 Å². The first-order valence-corrected chi connectivity index (χ1v) is 10.1. The van der Waals surface area contributed by atoms with Gasteiger partial charge in [-0.1, -0.05) is 12.1 Å². The van der Waals surface area contributed by atoms with E-state index in [1.165, 1.54) is 5.56 Å². The second-order valence-corrected chi connectivity index (χ2v) is 8.68. The van der Waals surface area contributed by atoms with Crippen LogP contribution in [0.3, 0.4) is 0 Å². The lowest BCUT2D eigenvalue weighted by molar-refractivity contribution is 0.406. The highest BCUT2D eigenvalue weighted by Crippen LogP contribution is 2.35. The highest BCUT2D eigenvalue weighted by Gasteiger charge is 2.37. The normalized spacial score (nSPS) is 22.1. The van der Waals surface area contributed by atoms with Gasteiger partial charge in [-0.2, -0.15) is 20.9 Å². The number of sulfonamides is 1. The Morgan fingerprint density at radius 3 is 2.91 bits per heavy atom. The molecule has 0 spiro atoms. The number of nitrogens with zero attached hydrogens (tertiary/aromatic N) is 2. The Bertz CT molecular complexity index is 823. The van der Waals surface area contributed by atoms with Gasteiger partial charge >= 0.3 is 0 Å². The second-order valence-electron chi connectivity index (χ2n) is 5.98. The summed E-state index contributed by atoms with van der Waals surface area (Å²) in [5, 5.41) is 13.1. The standard InChI is InChI=1S/C17H18N2O2S2/c1-13-7-17(16-5-6-22-11-16)10-19(13)23(20,21)12-15-4-2-3-14(8-15)9-18/h2-6,8,11,13,17H,7,10,12H2,1H3/t13-,17+/m1/s1. The van der Waals surface area contributed by atoms with Crippen LogP contribution in [0, 0.1) is 11.3 Å². The molecule has 0 amide bonds. The van der Waals surface area contributed by atoms with Gasteiger partial charge in [-0.15, -0.1) is 0 Å². The second kappa shape index (κ2) is 6.44. The van der Waals surface area contributed by atoms with Gasteiger partial charge in [0.2, 0.25) is 10.0 Å². The van der Waals surface area contributed by atoms with E-state index < -0.39 is 10.0 Å². The van der Waals surface area contributed by atoms with Crippen LogP contribution in [-0.2, 0) is 15.8 Å². The monoisotopic (exact) mass is 346 g/mol. The van der Waals surface area contributed by atoms with Gasteiger partial charge in [0.25, 0.3) is 0 Å². The van der Waals surface area contributed by atoms with Crippen molar-refractivity contribution in [1.82, 2.24) is 4.31 Å². The number of thiophene rings is 1. The van der Waals surface area contributed by atoms with Crippen LogP contribution in [0.4, 0.5) is 0 Å². The Balaban J connectivity index is 1.78. The lowest BCUT2D eigenvalue weighted by atomic mass is 10.00. The van der Waals surface area contributed by atoms with E-state index >= 15 is 0 Å². The molecule has 23 heavy (non-hydrogen) atoms. The van der Waals surface area contributed by atoms with Crippen LogP contribution in [0.25, 0.3) is 0 Å². The Labute approximate surface area is 141 Å². The lowest BCUT2D eigenvalue weighted by Crippen LogP contribution is -2.34. The van der Waals surface area contributed by atoms with Crippen LogP contribution >= 0.6 is 11.3 Å². The zero-order valence-corrected chi connectivity index (χ0v) is 14.5. The molecule has 2 heterocycles. The van der Waals surface area contributed by atoms with Gasteiger partial charge in [0.15, 0.2) is 0 Å². The summed E-state index contributed by atoms with van der Waals surface area (Å²) in [6.07, 6.45) is 0.855. The molecule has 0 saturated carbocycles. The number of nitriles is 1. The van der Waals surface area contributed by atoms with Gasteiger partial charge in [-0.3, -0.25) is 0 Å². The number of hydrogen-bond donors (Lipinski definition) is 0. The third-order valence-corrected chi connectivity index (χ3v) is 6.92. The van der Waals surface area contributed by atoms with Crippen molar-refractivity contribution in [2.24, 2.45) is 0 Å². The third kappa shape index (κ3) is 3.47. The maximum Gasteiger partial charge on any atom is 0.218 e. The van der Waals surface area contributed by atoms with Gasteiger partial charge < -0.3 is 0 Å². The quantitative estimate of drug-likeness (QED) is 0.853. The predicted octanol–water partition coefficient (Wildman–Crippen LogP) is 3.33. The molecule has 1 aromatic heterocycles. The summed E-state index contributed by atoms with van der Waals surface area (Å²) in [5.74, 6) is 0.222. The summed E-state index contributed by atoms with van der Waals surface area (Å²) in [4.78, 5) is 0. The molecule has 6 heteroatoms. The van der Waals surface area contributed by atoms with E-state index in [0.29, 0.717) is 17.7 Å². The van der Waals surface area contributed by atoms with Crippen LogP contribution in [0.15, 0.2) is 41.1 Å². The molecule has 1 aliphatic heterocycles. The molecule has 3 rings (SSSR count). The molecule has 1 aromatic carbocycles. The Hall–Kier alpha value is -1.68. The van der Waals surface area contributed by atoms with E-state index in [9.17, 15) is 8.42 Å². The molecule has 1 aliphatic rings. The number of hydrogen-bond acceptors (Lipinski definition) is 4. The van der Waals surface area contributed by atoms with Crippen molar-refractivity contribution in [2.75, 3.05) is 6.54 Å². The first-order valence-electron chi connectivity index (χ1n) is 7.50. The molecule has 0 aliphatic carbocycles. The highest BCUT2D eigenvalue weighted by molar-refractivity contribution is 7.88. The van der Waals surface area contributed by atoms with Crippen LogP contribution in [0.2, 0.25) is 0 Å². The van der Waals surface area contributed by atoms with Crippen molar-refractivity contribution in [3.05, 3.63) is 57.8 Å². The molecule has 1 saturated heterocycles. The molecule has 0 unspecified atom stereocenters. The largest absolute Gasteiger partial charge is 0.218 e. The molecular weight excluding hydrogens is 328 g/mol. The smallest absolute Gasteiger partial charge is 0.212 e. The Morgan fingerprint density at radius 1 is 1.39 bits per heavy atom. The van der Waals surface area contributed by atoms with E-state index in [1.54, 1.807) is 39.9 Å². The first-order chi connectivity index (χ1) is 11.0. The van der Waals surface area contributed by atoms with Crippen molar-refractivity contribution >= 4 is 21.4 Å². The minimum atomic E-state index is -3.38. The van der Waals surface area contributed by atoms with Gasteiger partial charge in [0.1, 0.15) is 0 Å². The molecule has 1 fully saturated rings. The molecule has 2 atom stereocenters. The Kier molecular flexibility index (Phi) is 4.53. The van der Waals surface area contributed by atoms with Gasteiger partial charge in [0, 0.05) is 18.5 Å². The maximum absolute atomic E-state index is 12.8. The van der Waals surface area contributed by atoms with Gasteiger partial charge in [0.05, 0.1) is 17.4 Å². The number of benzene rings is 1. The summed E-state index contributed by atoms with van der Waals surface area (Å²) >= 11 is 1.64. The zero-order valence-electron chi connectivity index (χ0n) is 12.8. The van der Waals surface area contributed by atoms with Crippen molar-refractivity contribution in [1.29, 1.82) is 5.26 Å². The summed E-state index contributed by atoms with van der Waals surface area (Å²) in [7, 11) is -3.38. The van der Waals surface area contributed by atoms with E-state index in [2.05, 4.69) is 11.4 Å². The fourth-order valence-electron chi connectivity index (χ4n) is 3.16. The Morgan fingerprint density at radius 2 is 2.22 bits per heavy atom. The molecule has 0 bridgehead atoms. The van der Waals surface area contributed by atoms with E-state index in [-0.39, 0.29) is 17.7 Å². The zero-order chi connectivity index (χ0) is 16.4. The summed E-state index contributed by atoms with van der Waals surface area (Å²) in [6, 6.07) is 10.9. The SMILES string of the molecule is C[C@@H]1C[C@H](c2ccsc2)CN1S(=O)(=O)Cc1cccc(C#N)c1.